The lowest BCUT2D eigenvalue weighted by atomic mass is 9.54. The van der Waals surface area contributed by atoms with Gasteiger partial charge in [0.25, 0.3) is 0 Å². The van der Waals surface area contributed by atoms with Gasteiger partial charge >= 0.3 is 6.03 Å². The molecule has 25 heavy (non-hydrogen) atoms. The molecular weight excluding hydrogens is 312 g/mol. The second-order valence-corrected chi connectivity index (χ2v) is 8.31. The highest BCUT2D eigenvalue weighted by atomic mass is 16.5. The van der Waals surface area contributed by atoms with Crippen LogP contribution < -0.4 is 15.4 Å². The normalized spacial score (nSPS) is 33.8. The first-order valence-electron chi connectivity index (χ1n) is 9.87. The molecule has 4 heteroatoms. The van der Waals surface area contributed by atoms with Crippen molar-refractivity contribution in [2.45, 2.75) is 57.5 Å². The zero-order valence-electron chi connectivity index (χ0n) is 15.3. The second-order valence-electron chi connectivity index (χ2n) is 8.31. The summed E-state index contributed by atoms with van der Waals surface area (Å²) < 4.78 is 5.22. The Hall–Kier alpha value is -1.71. The predicted octanol–water partition coefficient (Wildman–Crippen LogP) is 4.27. The van der Waals surface area contributed by atoms with Gasteiger partial charge in [0.05, 0.1) is 13.2 Å². The Morgan fingerprint density at radius 3 is 2.20 bits per heavy atom. The summed E-state index contributed by atoms with van der Waals surface area (Å²) in [5.74, 6) is 4.14. The third-order valence-corrected chi connectivity index (χ3v) is 6.76. The Morgan fingerprint density at radius 1 is 1.08 bits per heavy atom. The minimum absolute atomic E-state index is 0.000131. The monoisotopic (exact) mass is 342 g/mol. The summed E-state index contributed by atoms with van der Waals surface area (Å²) in [5.41, 5.74) is 1.13. The molecule has 1 aromatic rings. The molecule has 4 saturated carbocycles. The molecule has 5 rings (SSSR count). The van der Waals surface area contributed by atoms with Gasteiger partial charge in [-0.05, 0) is 79.9 Å². The number of amides is 2. The number of rotatable bonds is 5. The molecule has 4 aliphatic rings. The van der Waals surface area contributed by atoms with E-state index >= 15 is 0 Å². The number of ether oxygens (including phenoxy) is 1. The molecule has 4 bridgehead atoms. The van der Waals surface area contributed by atoms with Gasteiger partial charge in [0.1, 0.15) is 5.75 Å². The van der Waals surface area contributed by atoms with E-state index in [1.807, 2.05) is 24.3 Å². The van der Waals surface area contributed by atoms with Crippen LogP contribution in [0.2, 0.25) is 0 Å². The number of urea groups is 1. The first kappa shape index (κ1) is 16.7. The fraction of sp³-hybridized carbons (Fsp3) is 0.667. The molecule has 0 heterocycles. The molecule has 0 aliphatic heterocycles. The first-order chi connectivity index (χ1) is 12.2. The van der Waals surface area contributed by atoms with E-state index in [0.29, 0.717) is 17.9 Å². The summed E-state index contributed by atoms with van der Waals surface area (Å²) in [4.78, 5) is 12.7. The lowest BCUT2D eigenvalue weighted by Crippen LogP contribution is -2.57. The average molecular weight is 342 g/mol. The fourth-order valence-corrected chi connectivity index (χ4v) is 5.77. The minimum atomic E-state index is 0.000131. The van der Waals surface area contributed by atoms with Gasteiger partial charge in [0, 0.05) is 6.04 Å². The number of carbonyl (C=O) groups excluding carboxylic acids is 1. The van der Waals surface area contributed by atoms with Crippen LogP contribution in [0.1, 0.15) is 57.1 Å². The van der Waals surface area contributed by atoms with E-state index in [1.165, 1.54) is 32.1 Å². The Labute approximate surface area is 150 Å². The summed E-state index contributed by atoms with van der Waals surface area (Å²) in [7, 11) is 1.67. The molecule has 2 N–H and O–H groups in total. The molecule has 0 aromatic heterocycles. The maximum absolute atomic E-state index is 12.7. The second kappa shape index (κ2) is 6.89. The molecule has 2 amide bonds. The predicted molar refractivity (Wildman–Crippen MR) is 98.5 cm³/mol. The van der Waals surface area contributed by atoms with E-state index in [2.05, 4.69) is 17.6 Å². The molecule has 0 radical (unpaired) electrons. The molecular formula is C21H30N2O2. The van der Waals surface area contributed by atoms with Crippen LogP contribution in [0.3, 0.4) is 0 Å². The largest absolute Gasteiger partial charge is 0.497 e. The van der Waals surface area contributed by atoms with Crippen LogP contribution in [-0.4, -0.2) is 19.2 Å². The van der Waals surface area contributed by atoms with E-state index in [1.54, 1.807) is 7.11 Å². The lowest BCUT2D eigenvalue weighted by Gasteiger charge is -2.54. The van der Waals surface area contributed by atoms with Gasteiger partial charge in [-0.15, -0.1) is 0 Å². The maximum Gasteiger partial charge on any atom is 0.315 e. The summed E-state index contributed by atoms with van der Waals surface area (Å²) in [6.07, 6.45) is 7.63. The Morgan fingerprint density at radius 2 is 1.68 bits per heavy atom. The first-order valence-corrected chi connectivity index (χ1v) is 9.87. The SMILES string of the molecule is CCC(NC(=O)NC1C2CC3CC(C2)CC1C3)c1ccc(OC)cc1. The third kappa shape index (κ3) is 3.36. The van der Waals surface area contributed by atoms with Crippen LogP contribution in [0.4, 0.5) is 4.79 Å². The number of hydrogen-bond acceptors (Lipinski definition) is 2. The Kier molecular flexibility index (Phi) is 4.61. The smallest absolute Gasteiger partial charge is 0.315 e. The molecule has 0 saturated heterocycles. The van der Waals surface area contributed by atoms with E-state index in [4.69, 9.17) is 4.74 Å². The van der Waals surface area contributed by atoms with Crippen LogP contribution in [0.5, 0.6) is 5.75 Å². The highest BCUT2D eigenvalue weighted by Crippen LogP contribution is 2.53. The van der Waals surface area contributed by atoms with Crippen molar-refractivity contribution in [2.75, 3.05) is 7.11 Å². The molecule has 4 fully saturated rings. The van der Waals surface area contributed by atoms with Crippen LogP contribution in [0.25, 0.3) is 0 Å². The molecule has 4 aliphatic carbocycles. The maximum atomic E-state index is 12.7. The van der Waals surface area contributed by atoms with E-state index in [-0.39, 0.29) is 12.1 Å². The van der Waals surface area contributed by atoms with Gasteiger partial charge in [0.2, 0.25) is 0 Å². The van der Waals surface area contributed by atoms with Crippen molar-refractivity contribution >= 4 is 6.03 Å². The summed E-state index contributed by atoms with van der Waals surface area (Å²) >= 11 is 0. The van der Waals surface area contributed by atoms with Gasteiger partial charge in [-0.25, -0.2) is 4.79 Å². The van der Waals surface area contributed by atoms with Gasteiger partial charge in [-0.2, -0.15) is 0 Å². The van der Waals surface area contributed by atoms with Crippen LogP contribution in [-0.2, 0) is 0 Å². The zero-order chi connectivity index (χ0) is 17.4. The molecule has 0 spiro atoms. The topological polar surface area (TPSA) is 50.4 Å². The van der Waals surface area contributed by atoms with Gasteiger partial charge < -0.3 is 15.4 Å². The third-order valence-electron chi connectivity index (χ3n) is 6.76. The molecule has 1 unspecified atom stereocenters. The molecule has 4 nitrogen and oxygen atoms in total. The van der Waals surface area contributed by atoms with Crippen molar-refractivity contribution < 1.29 is 9.53 Å². The van der Waals surface area contributed by atoms with Crippen molar-refractivity contribution in [3.05, 3.63) is 29.8 Å². The fourth-order valence-electron chi connectivity index (χ4n) is 5.77. The number of carbonyl (C=O) groups is 1. The summed E-state index contributed by atoms with van der Waals surface area (Å²) in [5, 5.41) is 6.53. The van der Waals surface area contributed by atoms with Crippen LogP contribution >= 0.6 is 0 Å². The van der Waals surface area contributed by atoms with Crippen molar-refractivity contribution in [3.63, 3.8) is 0 Å². The zero-order valence-corrected chi connectivity index (χ0v) is 15.3. The van der Waals surface area contributed by atoms with Crippen molar-refractivity contribution in [2.24, 2.45) is 23.7 Å². The lowest BCUT2D eigenvalue weighted by molar-refractivity contribution is -0.00953. The highest BCUT2D eigenvalue weighted by Gasteiger charge is 2.48. The number of nitrogens with one attached hydrogen (secondary N) is 2. The Balaban J connectivity index is 1.37. The van der Waals surface area contributed by atoms with Crippen LogP contribution in [0.15, 0.2) is 24.3 Å². The van der Waals surface area contributed by atoms with E-state index in [0.717, 1.165) is 29.6 Å². The van der Waals surface area contributed by atoms with Crippen LogP contribution in [0, 0.1) is 23.7 Å². The van der Waals surface area contributed by atoms with Gasteiger partial charge in [-0.1, -0.05) is 19.1 Å². The Bertz CT molecular complexity index is 585. The van der Waals surface area contributed by atoms with Gasteiger partial charge in [-0.3, -0.25) is 0 Å². The summed E-state index contributed by atoms with van der Waals surface area (Å²) in [6, 6.07) is 8.42. The molecule has 1 aromatic carbocycles. The van der Waals surface area contributed by atoms with Crippen molar-refractivity contribution in [1.82, 2.24) is 10.6 Å². The minimum Gasteiger partial charge on any atom is -0.497 e. The van der Waals surface area contributed by atoms with Crippen molar-refractivity contribution in [1.29, 1.82) is 0 Å². The van der Waals surface area contributed by atoms with E-state index in [9.17, 15) is 4.79 Å². The average Bonchev–Trinajstić information content (AvgIpc) is 2.62. The van der Waals surface area contributed by atoms with Gasteiger partial charge in [0.15, 0.2) is 0 Å². The van der Waals surface area contributed by atoms with E-state index < -0.39 is 0 Å². The number of benzene rings is 1. The standard InChI is InChI=1S/C21H30N2O2/c1-3-19(15-4-6-18(25-2)7-5-15)22-21(24)23-20-16-9-13-8-14(11-16)12-17(20)10-13/h4-7,13-14,16-17,19-20H,3,8-12H2,1-2H3,(H2,22,23,24). The number of hydrogen-bond donors (Lipinski definition) is 2. The number of methoxy groups -OCH3 is 1. The van der Waals surface area contributed by atoms with Crippen molar-refractivity contribution in [3.8, 4) is 5.75 Å². The molecule has 136 valence electrons. The highest BCUT2D eigenvalue weighted by molar-refractivity contribution is 5.75. The quantitative estimate of drug-likeness (QED) is 0.839. The molecule has 1 atom stereocenters. The summed E-state index contributed by atoms with van der Waals surface area (Å²) in [6.45, 7) is 2.11.